The summed E-state index contributed by atoms with van der Waals surface area (Å²) < 4.78 is 0. The molecule has 1 aromatic carbocycles. The van der Waals surface area contributed by atoms with Crippen LogP contribution in [0.15, 0.2) is 24.3 Å². The van der Waals surface area contributed by atoms with Crippen LogP contribution in [0.4, 0.5) is 11.4 Å². The van der Waals surface area contributed by atoms with Crippen LogP contribution in [0.3, 0.4) is 0 Å². The summed E-state index contributed by atoms with van der Waals surface area (Å²) in [4.78, 5) is 15.9. The number of benzene rings is 1. The van der Waals surface area contributed by atoms with Crippen LogP contribution in [-0.2, 0) is 4.79 Å². The van der Waals surface area contributed by atoms with E-state index in [9.17, 15) is 4.79 Å². The zero-order valence-corrected chi connectivity index (χ0v) is 12.3. The predicted octanol–water partition coefficient (Wildman–Crippen LogP) is 2.18. The summed E-state index contributed by atoms with van der Waals surface area (Å²) in [5, 5.41) is 3.30. The van der Waals surface area contributed by atoms with E-state index in [2.05, 4.69) is 28.4 Å². The molecule has 1 aromatic rings. The molecule has 0 radical (unpaired) electrons. The summed E-state index contributed by atoms with van der Waals surface area (Å²) >= 11 is 0. The van der Waals surface area contributed by atoms with E-state index >= 15 is 0 Å². The summed E-state index contributed by atoms with van der Waals surface area (Å²) in [6.07, 6.45) is 4.04. The molecule has 1 saturated heterocycles. The molecule has 1 saturated carbocycles. The topological polar surface area (TPSA) is 35.6 Å². The first-order valence-electron chi connectivity index (χ1n) is 7.45. The molecule has 1 heterocycles. The standard InChI is InChI=1S/C16H23N3O/c1-18(2)16(20)10-17-14-5-3-4-6-15(14)19-11-12-7-8-13(19)9-12/h3-6,12-13,17H,7-11H2,1-2H3. The monoisotopic (exact) mass is 273 g/mol. The molecule has 2 aliphatic rings. The first-order valence-corrected chi connectivity index (χ1v) is 7.45. The highest BCUT2D eigenvalue weighted by atomic mass is 16.2. The average Bonchev–Trinajstić information content (AvgIpc) is 3.07. The van der Waals surface area contributed by atoms with Gasteiger partial charge in [-0.25, -0.2) is 0 Å². The van der Waals surface area contributed by atoms with Gasteiger partial charge in [-0.2, -0.15) is 0 Å². The Balaban J connectivity index is 1.73. The largest absolute Gasteiger partial charge is 0.374 e. The van der Waals surface area contributed by atoms with Gasteiger partial charge >= 0.3 is 0 Å². The maximum absolute atomic E-state index is 11.7. The van der Waals surface area contributed by atoms with E-state index in [1.54, 1.807) is 19.0 Å². The number of para-hydroxylation sites is 2. The number of hydrogen-bond donors (Lipinski definition) is 1. The van der Waals surface area contributed by atoms with Gasteiger partial charge in [0.25, 0.3) is 0 Å². The fraction of sp³-hybridized carbons (Fsp3) is 0.562. The number of rotatable bonds is 4. The molecular weight excluding hydrogens is 250 g/mol. The molecule has 4 heteroatoms. The van der Waals surface area contributed by atoms with E-state index in [4.69, 9.17) is 0 Å². The lowest BCUT2D eigenvalue weighted by Crippen LogP contribution is -2.33. The maximum Gasteiger partial charge on any atom is 0.241 e. The molecule has 2 bridgehead atoms. The van der Waals surface area contributed by atoms with Gasteiger partial charge in [0.1, 0.15) is 0 Å². The number of likely N-dealkylation sites (N-methyl/N-ethyl adjacent to an activating group) is 1. The summed E-state index contributed by atoms with van der Waals surface area (Å²) in [5.74, 6) is 0.971. The van der Waals surface area contributed by atoms with Gasteiger partial charge in [0, 0.05) is 26.7 Å². The summed E-state index contributed by atoms with van der Waals surface area (Å²) in [6, 6.07) is 9.06. The number of hydrogen-bond acceptors (Lipinski definition) is 3. The molecule has 20 heavy (non-hydrogen) atoms. The Morgan fingerprint density at radius 2 is 2.15 bits per heavy atom. The number of piperidine rings is 1. The molecule has 2 unspecified atom stereocenters. The third kappa shape index (κ3) is 2.47. The van der Waals surface area contributed by atoms with Crippen molar-refractivity contribution in [3.63, 3.8) is 0 Å². The summed E-state index contributed by atoms with van der Waals surface area (Å²) in [7, 11) is 3.57. The molecule has 2 atom stereocenters. The summed E-state index contributed by atoms with van der Waals surface area (Å²) in [5.41, 5.74) is 2.33. The average molecular weight is 273 g/mol. The minimum absolute atomic E-state index is 0.0998. The van der Waals surface area contributed by atoms with Gasteiger partial charge in [-0.15, -0.1) is 0 Å². The van der Waals surface area contributed by atoms with Crippen molar-refractivity contribution in [3.8, 4) is 0 Å². The Morgan fingerprint density at radius 3 is 2.80 bits per heavy atom. The molecule has 1 aliphatic carbocycles. The predicted molar refractivity (Wildman–Crippen MR) is 82.1 cm³/mol. The highest BCUT2D eigenvalue weighted by molar-refractivity contribution is 5.82. The molecule has 0 aromatic heterocycles. The van der Waals surface area contributed by atoms with Crippen LogP contribution < -0.4 is 10.2 Å². The number of nitrogens with one attached hydrogen (secondary N) is 1. The molecule has 4 nitrogen and oxygen atoms in total. The van der Waals surface area contributed by atoms with Gasteiger partial charge in [0.05, 0.1) is 17.9 Å². The van der Waals surface area contributed by atoms with Gasteiger partial charge in [0.2, 0.25) is 5.91 Å². The molecule has 0 spiro atoms. The molecule has 108 valence electrons. The number of amides is 1. The third-order valence-electron chi connectivity index (χ3n) is 4.55. The van der Waals surface area contributed by atoms with E-state index in [-0.39, 0.29) is 5.91 Å². The second kappa shape index (κ2) is 5.35. The van der Waals surface area contributed by atoms with Crippen molar-refractivity contribution < 1.29 is 4.79 Å². The molecule has 1 aliphatic heterocycles. The zero-order valence-electron chi connectivity index (χ0n) is 12.3. The molecule has 2 fully saturated rings. The van der Waals surface area contributed by atoms with E-state index in [1.165, 1.54) is 31.5 Å². The van der Waals surface area contributed by atoms with E-state index in [1.807, 2.05) is 6.07 Å². The van der Waals surface area contributed by atoms with Crippen molar-refractivity contribution in [2.45, 2.75) is 25.3 Å². The second-order valence-electron chi connectivity index (χ2n) is 6.14. The molecule has 3 rings (SSSR count). The van der Waals surface area contributed by atoms with Crippen LogP contribution in [0.25, 0.3) is 0 Å². The van der Waals surface area contributed by atoms with Crippen molar-refractivity contribution in [3.05, 3.63) is 24.3 Å². The lowest BCUT2D eigenvalue weighted by atomic mass is 10.1. The number of anilines is 2. The third-order valence-corrected chi connectivity index (χ3v) is 4.55. The highest BCUT2D eigenvalue weighted by Crippen LogP contribution is 2.42. The summed E-state index contributed by atoms with van der Waals surface area (Å²) in [6.45, 7) is 1.52. The minimum Gasteiger partial charge on any atom is -0.374 e. The van der Waals surface area contributed by atoms with Crippen LogP contribution in [0.2, 0.25) is 0 Å². The SMILES string of the molecule is CN(C)C(=O)CNc1ccccc1N1CC2CCC1C2. The fourth-order valence-corrected chi connectivity index (χ4v) is 3.42. The van der Waals surface area contributed by atoms with Crippen molar-refractivity contribution in [1.29, 1.82) is 0 Å². The normalized spacial score (nSPS) is 24.0. The Kier molecular flexibility index (Phi) is 3.55. The van der Waals surface area contributed by atoms with Crippen molar-refractivity contribution in [1.82, 2.24) is 4.90 Å². The fourth-order valence-electron chi connectivity index (χ4n) is 3.42. The number of fused-ring (bicyclic) bond motifs is 2. The molecule has 1 amide bonds. The van der Waals surface area contributed by atoms with Crippen molar-refractivity contribution >= 4 is 17.3 Å². The smallest absolute Gasteiger partial charge is 0.241 e. The van der Waals surface area contributed by atoms with Crippen LogP contribution in [-0.4, -0.2) is 44.0 Å². The Hall–Kier alpha value is -1.71. The van der Waals surface area contributed by atoms with Crippen LogP contribution in [0.5, 0.6) is 0 Å². The Morgan fingerprint density at radius 1 is 1.35 bits per heavy atom. The Labute approximate surface area is 120 Å². The zero-order chi connectivity index (χ0) is 14.1. The number of carbonyl (C=O) groups excluding carboxylic acids is 1. The van der Waals surface area contributed by atoms with Crippen molar-refractivity contribution in [2.24, 2.45) is 5.92 Å². The lowest BCUT2D eigenvalue weighted by Gasteiger charge is -2.31. The van der Waals surface area contributed by atoms with E-state index < -0.39 is 0 Å². The lowest BCUT2D eigenvalue weighted by molar-refractivity contribution is -0.126. The van der Waals surface area contributed by atoms with E-state index in [0.29, 0.717) is 12.6 Å². The van der Waals surface area contributed by atoms with Crippen LogP contribution in [0.1, 0.15) is 19.3 Å². The maximum atomic E-state index is 11.7. The highest BCUT2D eigenvalue weighted by Gasteiger charge is 2.38. The first-order chi connectivity index (χ1) is 9.65. The van der Waals surface area contributed by atoms with Gasteiger partial charge in [-0.1, -0.05) is 12.1 Å². The van der Waals surface area contributed by atoms with Crippen LogP contribution in [0, 0.1) is 5.92 Å². The Bertz CT molecular complexity index is 500. The molecule has 1 N–H and O–H groups in total. The van der Waals surface area contributed by atoms with Crippen LogP contribution >= 0.6 is 0 Å². The number of nitrogens with zero attached hydrogens (tertiary/aromatic N) is 2. The van der Waals surface area contributed by atoms with E-state index in [0.717, 1.165) is 11.6 Å². The van der Waals surface area contributed by atoms with Crippen molar-refractivity contribution in [2.75, 3.05) is 37.4 Å². The van der Waals surface area contributed by atoms with Gasteiger partial charge in [0.15, 0.2) is 0 Å². The van der Waals surface area contributed by atoms with Gasteiger partial charge < -0.3 is 15.1 Å². The van der Waals surface area contributed by atoms with Gasteiger partial charge in [-0.3, -0.25) is 4.79 Å². The second-order valence-corrected chi connectivity index (χ2v) is 6.14. The number of carbonyl (C=O) groups is 1. The quantitative estimate of drug-likeness (QED) is 0.913. The van der Waals surface area contributed by atoms with Gasteiger partial charge in [-0.05, 0) is 37.3 Å². The minimum atomic E-state index is 0.0998. The first kappa shape index (κ1) is 13.3. The molecular formula is C16H23N3O.